The zero-order valence-corrected chi connectivity index (χ0v) is 12.5. The molecule has 6 heteroatoms. The number of thioether (sulfide) groups is 1. The van der Waals surface area contributed by atoms with Crippen molar-refractivity contribution in [1.29, 1.82) is 5.26 Å². The number of nitrogens with zero attached hydrogens (tertiary/aromatic N) is 3. The Morgan fingerprint density at radius 3 is 2.74 bits per heavy atom. The van der Waals surface area contributed by atoms with Crippen molar-refractivity contribution in [2.24, 2.45) is 0 Å². The first-order valence-electron chi connectivity index (χ1n) is 6.19. The zero-order chi connectivity index (χ0) is 14.4. The molecule has 1 unspecified atom stereocenters. The van der Waals surface area contributed by atoms with Crippen molar-refractivity contribution in [3.05, 3.63) is 17.1 Å². The van der Waals surface area contributed by atoms with E-state index in [1.54, 1.807) is 13.8 Å². The lowest BCUT2D eigenvalue weighted by atomic mass is 10.3. The van der Waals surface area contributed by atoms with Crippen LogP contribution in [0.25, 0.3) is 0 Å². The van der Waals surface area contributed by atoms with Crippen molar-refractivity contribution < 1.29 is 4.79 Å². The van der Waals surface area contributed by atoms with Crippen molar-refractivity contribution in [2.75, 3.05) is 6.54 Å². The summed E-state index contributed by atoms with van der Waals surface area (Å²) < 4.78 is 0. The van der Waals surface area contributed by atoms with Crippen LogP contribution in [-0.4, -0.2) is 27.7 Å². The largest absolute Gasteiger partial charge is 0.355 e. The highest BCUT2D eigenvalue weighted by Crippen LogP contribution is 2.26. The van der Waals surface area contributed by atoms with Gasteiger partial charge in [-0.05, 0) is 27.2 Å². The van der Waals surface area contributed by atoms with Crippen LogP contribution in [0, 0.1) is 25.2 Å². The third-order valence-electron chi connectivity index (χ3n) is 2.49. The number of amides is 1. The van der Waals surface area contributed by atoms with Crippen molar-refractivity contribution in [1.82, 2.24) is 15.3 Å². The number of hydrogen-bond acceptors (Lipinski definition) is 5. The Labute approximate surface area is 117 Å². The van der Waals surface area contributed by atoms with Crippen molar-refractivity contribution >= 4 is 17.7 Å². The Balaban J connectivity index is 2.87. The number of carbonyl (C=O) groups is 1. The van der Waals surface area contributed by atoms with Gasteiger partial charge in [-0.2, -0.15) is 5.26 Å². The van der Waals surface area contributed by atoms with Gasteiger partial charge >= 0.3 is 0 Å². The molecular weight excluding hydrogens is 260 g/mol. The van der Waals surface area contributed by atoms with E-state index < -0.39 is 0 Å². The van der Waals surface area contributed by atoms with E-state index in [2.05, 4.69) is 21.4 Å². The minimum atomic E-state index is -0.285. The highest BCUT2D eigenvalue weighted by molar-refractivity contribution is 8.00. The number of aromatic nitrogens is 2. The Kier molecular flexibility index (Phi) is 5.77. The van der Waals surface area contributed by atoms with Crippen molar-refractivity contribution in [3.8, 4) is 6.07 Å². The molecule has 0 radical (unpaired) electrons. The summed E-state index contributed by atoms with van der Waals surface area (Å²) in [5, 5.41) is 12.3. The molecular formula is C13H18N4OS. The molecule has 102 valence electrons. The third-order valence-corrected chi connectivity index (χ3v) is 3.57. The molecule has 1 aromatic heterocycles. The average Bonchev–Trinajstić information content (AvgIpc) is 2.35. The SMILES string of the molecule is CCCNC(=O)C(C)Sc1nc(C)nc(C)c1C#N. The van der Waals surface area contributed by atoms with Crippen molar-refractivity contribution in [3.63, 3.8) is 0 Å². The first-order valence-corrected chi connectivity index (χ1v) is 7.07. The Hall–Kier alpha value is -1.61. The summed E-state index contributed by atoms with van der Waals surface area (Å²) in [6.07, 6.45) is 0.901. The quantitative estimate of drug-likeness (QED) is 0.658. The van der Waals surface area contributed by atoms with Gasteiger partial charge in [-0.1, -0.05) is 18.7 Å². The van der Waals surface area contributed by atoms with Gasteiger partial charge in [-0.3, -0.25) is 4.79 Å². The van der Waals surface area contributed by atoms with Crippen LogP contribution in [0.15, 0.2) is 5.03 Å². The van der Waals surface area contributed by atoms with E-state index in [1.165, 1.54) is 11.8 Å². The summed E-state index contributed by atoms with van der Waals surface area (Å²) >= 11 is 1.30. The number of nitriles is 1. The van der Waals surface area contributed by atoms with Crippen LogP contribution in [0.4, 0.5) is 0 Å². The normalized spacial score (nSPS) is 11.7. The van der Waals surface area contributed by atoms with Crippen LogP contribution in [-0.2, 0) is 4.79 Å². The topological polar surface area (TPSA) is 78.7 Å². The minimum absolute atomic E-state index is 0.0374. The molecule has 0 aliphatic heterocycles. The smallest absolute Gasteiger partial charge is 0.233 e. The molecule has 1 heterocycles. The molecule has 1 atom stereocenters. The number of aryl methyl sites for hydroxylation is 2. The second kappa shape index (κ2) is 7.10. The van der Waals surface area contributed by atoms with Gasteiger partial charge in [-0.15, -0.1) is 0 Å². The van der Waals surface area contributed by atoms with Crippen LogP contribution in [0.5, 0.6) is 0 Å². The second-order valence-corrected chi connectivity index (χ2v) is 5.53. The minimum Gasteiger partial charge on any atom is -0.355 e. The Bertz CT molecular complexity index is 510. The molecule has 1 rings (SSSR count). The van der Waals surface area contributed by atoms with Gasteiger partial charge in [0.05, 0.1) is 10.9 Å². The molecule has 0 aliphatic carbocycles. The molecule has 0 aromatic carbocycles. The van der Waals surface area contributed by atoms with E-state index in [9.17, 15) is 4.79 Å². The first kappa shape index (κ1) is 15.4. The van der Waals surface area contributed by atoms with Crippen LogP contribution in [0.3, 0.4) is 0 Å². The number of carbonyl (C=O) groups excluding carboxylic acids is 1. The predicted molar refractivity (Wildman–Crippen MR) is 74.8 cm³/mol. The zero-order valence-electron chi connectivity index (χ0n) is 11.6. The third kappa shape index (κ3) is 4.21. The fraction of sp³-hybridized carbons (Fsp3) is 0.538. The maximum Gasteiger partial charge on any atom is 0.233 e. The lowest BCUT2D eigenvalue weighted by Gasteiger charge is -2.12. The molecule has 0 fully saturated rings. The second-order valence-electron chi connectivity index (χ2n) is 4.20. The lowest BCUT2D eigenvalue weighted by molar-refractivity contribution is -0.120. The van der Waals surface area contributed by atoms with Gasteiger partial charge in [0, 0.05) is 6.54 Å². The highest BCUT2D eigenvalue weighted by atomic mass is 32.2. The van der Waals surface area contributed by atoms with Gasteiger partial charge in [0.2, 0.25) is 5.91 Å². The summed E-state index contributed by atoms with van der Waals surface area (Å²) in [6, 6.07) is 2.10. The van der Waals surface area contributed by atoms with Gasteiger partial charge < -0.3 is 5.32 Å². The van der Waals surface area contributed by atoms with E-state index in [0.717, 1.165) is 6.42 Å². The number of hydrogen-bond donors (Lipinski definition) is 1. The van der Waals surface area contributed by atoms with E-state index >= 15 is 0 Å². The summed E-state index contributed by atoms with van der Waals surface area (Å²) in [7, 11) is 0. The van der Waals surface area contributed by atoms with Crippen LogP contribution < -0.4 is 5.32 Å². The van der Waals surface area contributed by atoms with Gasteiger partial charge in [-0.25, -0.2) is 9.97 Å². The molecule has 0 spiro atoms. The van der Waals surface area contributed by atoms with Gasteiger partial charge in [0.1, 0.15) is 22.5 Å². The van der Waals surface area contributed by atoms with Crippen LogP contribution in [0.2, 0.25) is 0 Å². The summed E-state index contributed by atoms with van der Waals surface area (Å²) in [4.78, 5) is 20.2. The van der Waals surface area contributed by atoms with Crippen LogP contribution in [0.1, 0.15) is 37.4 Å². The van der Waals surface area contributed by atoms with E-state index in [-0.39, 0.29) is 11.2 Å². The Morgan fingerprint density at radius 1 is 1.47 bits per heavy atom. The van der Waals surface area contributed by atoms with Crippen LogP contribution >= 0.6 is 11.8 Å². The standard InChI is InChI=1S/C13H18N4OS/c1-5-6-15-12(18)9(3)19-13-11(7-14)8(2)16-10(4)17-13/h9H,5-6H2,1-4H3,(H,15,18). The van der Waals surface area contributed by atoms with E-state index in [4.69, 9.17) is 5.26 Å². The fourth-order valence-electron chi connectivity index (χ4n) is 1.51. The Morgan fingerprint density at radius 2 is 2.16 bits per heavy atom. The predicted octanol–water partition coefficient (Wildman–Crippen LogP) is 1.97. The monoisotopic (exact) mass is 278 g/mol. The maximum absolute atomic E-state index is 11.8. The number of nitrogens with one attached hydrogen (secondary N) is 1. The molecule has 5 nitrogen and oxygen atoms in total. The molecule has 1 aromatic rings. The molecule has 0 saturated heterocycles. The average molecular weight is 278 g/mol. The van der Waals surface area contributed by atoms with Gasteiger partial charge in [0.25, 0.3) is 0 Å². The lowest BCUT2D eigenvalue weighted by Crippen LogP contribution is -2.31. The molecule has 0 aliphatic rings. The molecule has 0 bridgehead atoms. The molecule has 1 N–H and O–H groups in total. The first-order chi connectivity index (χ1) is 8.99. The van der Waals surface area contributed by atoms with Crippen molar-refractivity contribution in [2.45, 2.75) is 44.4 Å². The summed E-state index contributed by atoms with van der Waals surface area (Å²) in [5.41, 5.74) is 1.10. The summed E-state index contributed by atoms with van der Waals surface area (Å²) in [6.45, 7) is 8.03. The highest BCUT2D eigenvalue weighted by Gasteiger charge is 2.18. The number of rotatable bonds is 5. The molecule has 0 saturated carbocycles. The fourth-order valence-corrected chi connectivity index (χ4v) is 2.53. The maximum atomic E-state index is 11.8. The molecule has 1 amide bonds. The van der Waals surface area contributed by atoms with E-state index in [0.29, 0.717) is 28.7 Å². The molecule has 19 heavy (non-hydrogen) atoms. The summed E-state index contributed by atoms with van der Waals surface area (Å²) in [5.74, 6) is 0.574. The van der Waals surface area contributed by atoms with E-state index in [1.807, 2.05) is 13.8 Å². The van der Waals surface area contributed by atoms with Gasteiger partial charge in [0.15, 0.2) is 0 Å².